The van der Waals surface area contributed by atoms with Crippen molar-refractivity contribution >= 4 is 28.8 Å². The average Bonchev–Trinajstić information content (AvgIpc) is 3.52. The molecule has 1 fully saturated rings. The highest BCUT2D eigenvalue weighted by molar-refractivity contribution is 7.14. The van der Waals surface area contributed by atoms with E-state index in [1.165, 1.54) is 23.5 Å². The summed E-state index contributed by atoms with van der Waals surface area (Å²) in [5.74, 6) is -0.601. The predicted octanol–water partition coefficient (Wildman–Crippen LogP) is 3.88. The number of fused-ring (bicyclic) bond motifs is 1. The molecule has 0 spiro atoms. The summed E-state index contributed by atoms with van der Waals surface area (Å²) >= 11 is 1.48. The highest BCUT2D eigenvalue weighted by atomic mass is 32.1. The molecule has 0 bridgehead atoms. The topological polar surface area (TPSA) is 79.6 Å². The molecule has 1 aliphatic heterocycles. The molecule has 168 valence electrons. The highest BCUT2D eigenvalue weighted by Gasteiger charge is 2.27. The summed E-state index contributed by atoms with van der Waals surface area (Å²) in [4.78, 5) is 37.2. The van der Waals surface area contributed by atoms with E-state index in [4.69, 9.17) is 0 Å². The van der Waals surface area contributed by atoms with Crippen LogP contribution in [-0.2, 0) is 6.54 Å². The van der Waals surface area contributed by atoms with Crippen LogP contribution < -0.4 is 5.32 Å². The molecular formula is C24H22FN5O2S. The smallest absolute Gasteiger partial charge is 0.261 e. The largest absolute Gasteiger partial charge is 0.346 e. The molecule has 33 heavy (non-hydrogen) atoms. The Morgan fingerprint density at radius 2 is 1.94 bits per heavy atom. The lowest BCUT2D eigenvalue weighted by Gasteiger charge is -2.31. The second kappa shape index (κ2) is 9.11. The van der Waals surface area contributed by atoms with Crippen molar-refractivity contribution in [2.24, 2.45) is 0 Å². The molecule has 1 aromatic carbocycles. The second-order valence-electron chi connectivity index (χ2n) is 8.00. The Bertz CT molecular complexity index is 1310. The highest BCUT2D eigenvalue weighted by Crippen LogP contribution is 2.33. The quantitative estimate of drug-likeness (QED) is 0.487. The van der Waals surface area contributed by atoms with Crippen LogP contribution in [0.5, 0.6) is 0 Å². The van der Waals surface area contributed by atoms with Crippen LogP contribution in [0.15, 0.2) is 61.2 Å². The van der Waals surface area contributed by atoms with E-state index in [1.54, 1.807) is 29.4 Å². The number of carbonyl (C=O) groups excluding carboxylic acids is 2. The summed E-state index contributed by atoms with van der Waals surface area (Å²) in [5, 5.41) is 2.92. The lowest BCUT2D eigenvalue weighted by molar-refractivity contribution is 0.0709. The zero-order valence-corrected chi connectivity index (χ0v) is 18.6. The molecule has 3 aromatic heterocycles. The molecule has 9 heteroatoms. The van der Waals surface area contributed by atoms with Gasteiger partial charge in [-0.05, 0) is 43.0 Å². The number of nitrogens with one attached hydrogen (secondary N) is 1. The van der Waals surface area contributed by atoms with Gasteiger partial charge in [-0.2, -0.15) is 0 Å². The Kier molecular flexibility index (Phi) is 5.87. The maximum absolute atomic E-state index is 13.9. The number of nitrogens with zero attached hydrogens (tertiary/aromatic N) is 4. The summed E-state index contributed by atoms with van der Waals surface area (Å²) in [6.07, 6.45) is 8.63. The minimum Gasteiger partial charge on any atom is -0.346 e. The molecule has 0 aliphatic carbocycles. The summed E-state index contributed by atoms with van der Waals surface area (Å²) in [6.45, 7) is 1.47. The Labute approximate surface area is 193 Å². The first kappa shape index (κ1) is 21.3. The third-order valence-corrected chi connectivity index (χ3v) is 7.15. The molecule has 1 aliphatic rings. The number of aromatic nitrogens is 3. The summed E-state index contributed by atoms with van der Waals surface area (Å²) in [6, 6.07) is 9.93. The Morgan fingerprint density at radius 3 is 2.76 bits per heavy atom. The van der Waals surface area contributed by atoms with E-state index in [1.807, 2.05) is 28.9 Å². The zero-order valence-electron chi connectivity index (χ0n) is 17.8. The summed E-state index contributed by atoms with van der Waals surface area (Å²) in [7, 11) is 0. The monoisotopic (exact) mass is 463 g/mol. The first-order valence-electron chi connectivity index (χ1n) is 10.8. The standard InChI is InChI=1S/C24H22FN5O2S/c25-19-4-2-1-3-18(19)24(32)29-10-7-16(8-11-29)20-5-6-21(33-20)23(31)28-13-17-15-30-12-9-26-22(30)14-27-17/h1-6,9,12,14-16H,7-8,10-11,13H2,(H,28,31). The van der Waals surface area contributed by atoms with Crippen molar-refractivity contribution < 1.29 is 14.0 Å². The van der Waals surface area contributed by atoms with Gasteiger partial charge in [-0.15, -0.1) is 11.3 Å². The van der Waals surface area contributed by atoms with E-state index in [9.17, 15) is 14.0 Å². The van der Waals surface area contributed by atoms with Crippen molar-refractivity contribution in [2.45, 2.75) is 25.3 Å². The number of piperidine rings is 1. The van der Waals surface area contributed by atoms with Gasteiger partial charge in [-0.3, -0.25) is 14.6 Å². The first-order valence-corrected chi connectivity index (χ1v) is 11.6. The number of imidazole rings is 1. The third-order valence-electron chi connectivity index (χ3n) is 5.90. The summed E-state index contributed by atoms with van der Waals surface area (Å²) < 4.78 is 15.8. The van der Waals surface area contributed by atoms with Gasteiger partial charge >= 0.3 is 0 Å². The van der Waals surface area contributed by atoms with Crippen LogP contribution in [-0.4, -0.2) is 44.2 Å². The Hall–Kier alpha value is -3.59. The molecule has 4 aromatic rings. The number of likely N-dealkylation sites (tertiary alicyclic amines) is 1. The van der Waals surface area contributed by atoms with Crippen molar-refractivity contribution in [2.75, 3.05) is 13.1 Å². The van der Waals surface area contributed by atoms with E-state index >= 15 is 0 Å². The fourth-order valence-corrected chi connectivity index (χ4v) is 5.18. The van der Waals surface area contributed by atoms with Gasteiger partial charge in [-0.25, -0.2) is 9.37 Å². The van der Waals surface area contributed by atoms with Crippen LogP contribution in [0.4, 0.5) is 4.39 Å². The first-order chi connectivity index (χ1) is 16.1. The van der Waals surface area contributed by atoms with E-state index in [2.05, 4.69) is 15.3 Å². The fourth-order valence-electron chi connectivity index (χ4n) is 4.08. The molecule has 0 unspecified atom stereocenters. The maximum Gasteiger partial charge on any atom is 0.261 e. The molecule has 0 atom stereocenters. The molecule has 1 N–H and O–H groups in total. The number of halogens is 1. The van der Waals surface area contributed by atoms with Crippen LogP contribution in [0.25, 0.3) is 5.65 Å². The van der Waals surface area contributed by atoms with E-state index in [-0.39, 0.29) is 23.3 Å². The number of hydrogen-bond donors (Lipinski definition) is 1. The van der Waals surface area contributed by atoms with Gasteiger partial charge in [0.2, 0.25) is 0 Å². The van der Waals surface area contributed by atoms with Crippen molar-refractivity contribution in [1.82, 2.24) is 24.6 Å². The van der Waals surface area contributed by atoms with Gasteiger partial charge in [0, 0.05) is 36.6 Å². The second-order valence-corrected chi connectivity index (χ2v) is 9.12. The lowest BCUT2D eigenvalue weighted by atomic mass is 9.95. The van der Waals surface area contributed by atoms with Gasteiger partial charge in [0.15, 0.2) is 5.65 Å². The lowest BCUT2D eigenvalue weighted by Crippen LogP contribution is -2.38. The third kappa shape index (κ3) is 4.49. The number of carbonyl (C=O) groups is 2. The van der Waals surface area contributed by atoms with Crippen LogP contribution in [0, 0.1) is 5.82 Å². The predicted molar refractivity (Wildman–Crippen MR) is 123 cm³/mol. The number of benzene rings is 1. The van der Waals surface area contributed by atoms with Crippen LogP contribution in [0.1, 0.15) is 49.4 Å². The SMILES string of the molecule is O=C(NCc1cn2ccnc2cn1)c1ccc(C2CCN(C(=O)c3ccccc3F)CC2)s1. The number of rotatable bonds is 5. The maximum atomic E-state index is 13.9. The van der Waals surface area contributed by atoms with Crippen LogP contribution >= 0.6 is 11.3 Å². The molecule has 1 saturated heterocycles. The van der Waals surface area contributed by atoms with Gasteiger partial charge in [-0.1, -0.05) is 12.1 Å². The fraction of sp³-hybridized carbons (Fsp3) is 0.250. The van der Waals surface area contributed by atoms with Crippen molar-refractivity contribution in [3.63, 3.8) is 0 Å². The normalized spacial score (nSPS) is 14.5. The van der Waals surface area contributed by atoms with Gasteiger partial charge in [0.25, 0.3) is 11.8 Å². The molecule has 0 radical (unpaired) electrons. The summed E-state index contributed by atoms with van der Waals surface area (Å²) in [5.41, 5.74) is 1.62. The molecule has 7 nitrogen and oxygen atoms in total. The Balaban J connectivity index is 1.16. The van der Waals surface area contributed by atoms with Gasteiger partial charge in [0.1, 0.15) is 5.82 Å². The number of hydrogen-bond acceptors (Lipinski definition) is 5. The average molecular weight is 464 g/mol. The molecule has 2 amide bonds. The molecular weight excluding hydrogens is 441 g/mol. The van der Waals surface area contributed by atoms with Crippen molar-refractivity contribution in [3.05, 3.63) is 88.0 Å². The minimum atomic E-state index is -0.487. The van der Waals surface area contributed by atoms with E-state index < -0.39 is 5.82 Å². The number of amides is 2. The van der Waals surface area contributed by atoms with Crippen LogP contribution in [0.3, 0.4) is 0 Å². The molecule has 4 heterocycles. The molecule has 0 saturated carbocycles. The zero-order chi connectivity index (χ0) is 22.8. The van der Waals surface area contributed by atoms with Crippen molar-refractivity contribution in [1.29, 1.82) is 0 Å². The minimum absolute atomic E-state index is 0.118. The van der Waals surface area contributed by atoms with Gasteiger partial charge < -0.3 is 14.6 Å². The van der Waals surface area contributed by atoms with Crippen molar-refractivity contribution in [3.8, 4) is 0 Å². The number of thiophene rings is 1. The van der Waals surface area contributed by atoms with Crippen LogP contribution in [0.2, 0.25) is 0 Å². The molecule has 5 rings (SSSR count). The van der Waals surface area contributed by atoms with E-state index in [0.717, 1.165) is 29.1 Å². The van der Waals surface area contributed by atoms with Gasteiger partial charge in [0.05, 0.1) is 28.9 Å². The Morgan fingerprint density at radius 1 is 1.12 bits per heavy atom. The van der Waals surface area contributed by atoms with E-state index in [0.29, 0.717) is 24.5 Å².